The van der Waals surface area contributed by atoms with Crippen LogP contribution in [0.5, 0.6) is 0 Å². The molecule has 1 fully saturated rings. The number of hydrogen-bond acceptors (Lipinski definition) is 2. The highest BCUT2D eigenvalue weighted by Crippen LogP contribution is 2.38. The van der Waals surface area contributed by atoms with Crippen LogP contribution in [-0.2, 0) is 13.5 Å². The first-order valence-electron chi connectivity index (χ1n) is 5.87. The molecule has 3 rings (SSSR count). The highest BCUT2D eigenvalue weighted by Gasteiger charge is 2.28. The molecule has 1 saturated carbocycles. The predicted molar refractivity (Wildman–Crippen MR) is 69.9 cm³/mol. The number of aromatic nitrogens is 3. The van der Waals surface area contributed by atoms with Gasteiger partial charge in [0.2, 0.25) is 0 Å². The largest absolute Gasteiger partial charge is 0.253 e. The van der Waals surface area contributed by atoms with Gasteiger partial charge in [0.15, 0.2) is 5.82 Å². The number of rotatable bonds is 3. The minimum absolute atomic E-state index is 0.653. The minimum Gasteiger partial charge on any atom is -0.253 e. The zero-order valence-electron chi connectivity index (χ0n) is 9.73. The van der Waals surface area contributed by atoms with E-state index in [0.29, 0.717) is 5.92 Å². The van der Waals surface area contributed by atoms with Crippen LogP contribution in [0.1, 0.15) is 36.0 Å². The molecule has 0 amide bonds. The van der Waals surface area contributed by atoms with Gasteiger partial charge in [-0.15, -0.1) is 0 Å². The van der Waals surface area contributed by atoms with E-state index in [4.69, 9.17) is 0 Å². The zero-order chi connectivity index (χ0) is 11.8. The molecular formula is C13H14BrN3. The Kier molecular flexibility index (Phi) is 2.74. The molecule has 1 heterocycles. The number of hydrogen-bond donors (Lipinski definition) is 0. The maximum Gasteiger partial charge on any atom is 0.155 e. The topological polar surface area (TPSA) is 30.7 Å². The molecule has 0 unspecified atom stereocenters. The van der Waals surface area contributed by atoms with Gasteiger partial charge in [-0.3, -0.25) is 4.68 Å². The molecule has 1 aromatic heterocycles. The van der Waals surface area contributed by atoms with E-state index in [-0.39, 0.29) is 0 Å². The van der Waals surface area contributed by atoms with E-state index in [9.17, 15) is 0 Å². The SMILES string of the molecule is Cn1nc(Cc2ccccc2Br)nc1C1CC1. The van der Waals surface area contributed by atoms with Crippen molar-refractivity contribution in [2.75, 3.05) is 0 Å². The van der Waals surface area contributed by atoms with Gasteiger partial charge in [0.05, 0.1) is 0 Å². The smallest absolute Gasteiger partial charge is 0.155 e. The average Bonchev–Trinajstić information content (AvgIpc) is 3.07. The van der Waals surface area contributed by atoms with Crippen LogP contribution in [0, 0.1) is 0 Å². The lowest BCUT2D eigenvalue weighted by Crippen LogP contribution is -1.97. The molecule has 0 aliphatic heterocycles. The van der Waals surface area contributed by atoms with E-state index in [1.807, 2.05) is 23.9 Å². The second kappa shape index (κ2) is 4.26. The maximum absolute atomic E-state index is 4.64. The van der Waals surface area contributed by atoms with Gasteiger partial charge in [-0.25, -0.2) is 4.98 Å². The van der Waals surface area contributed by atoms with Crippen LogP contribution in [0.2, 0.25) is 0 Å². The summed E-state index contributed by atoms with van der Waals surface area (Å²) >= 11 is 3.56. The van der Waals surface area contributed by atoms with Gasteiger partial charge in [-0.1, -0.05) is 34.1 Å². The molecule has 88 valence electrons. The summed E-state index contributed by atoms with van der Waals surface area (Å²) in [5.74, 6) is 2.72. The van der Waals surface area contributed by atoms with Gasteiger partial charge in [-0.05, 0) is 24.5 Å². The van der Waals surface area contributed by atoms with Crippen LogP contribution in [0.15, 0.2) is 28.7 Å². The Hall–Kier alpha value is -1.16. The fourth-order valence-corrected chi connectivity index (χ4v) is 2.46. The molecule has 0 spiro atoms. The van der Waals surface area contributed by atoms with Crippen molar-refractivity contribution >= 4 is 15.9 Å². The second-order valence-electron chi connectivity index (χ2n) is 4.55. The molecule has 0 saturated heterocycles. The lowest BCUT2D eigenvalue weighted by molar-refractivity contribution is 0.698. The van der Waals surface area contributed by atoms with Crippen LogP contribution in [0.4, 0.5) is 0 Å². The maximum atomic E-state index is 4.64. The van der Waals surface area contributed by atoms with Crippen LogP contribution < -0.4 is 0 Å². The number of halogens is 1. The third-order valence-electron chi connectivity index (χ3n) is 3.09. The van der Waals surface area contributed by atoms with Crippen LogP contribution in [0.3, 0.4) is 0 Å². The Labute approximate surface area is 109 Å². The highest BCUT2D eigenvalue weighted by molar-refractivity contribution is 9.10. The van der Waals surface area contributed by atoms with Gasteiger partial charge in [-0.2, -0.15) is 5.10 Å². The molecule has 0 N–H and O–H groups in total. The van der Waals surface area contributed by atoms with E-state index in [0.717, 1.165) is 22.5 Å². The fraction of sp³-hybridized carbons (Fsp3) is 0.385. The Morgan fingerprint density at radius 1 is 1.35 bits per heavy atom. The van der Waals surface area contributed by atoms with Crippen molar-refractivity contribution in [3.8, 4) is 0 Å². The molecule has 1 aliphatic rings. The Morgan fingerprint density at radius 3 is 2.82 bits per heavy atom. The van der Waals surface area contributed by atoms with E-state index in [2.05, 4.69) is 38.1 Å². The van der Waals surface area contributed by atoms with E-state index in [1.54, 1.807) is 0 Å². The second-order valence-corrected chi connectivity index (χ2v) is 5.41. The van der Waals surface area contributed by atoms with Gasteiger partial charge in [0.1, 0.15) is 5.82 Å². The zero-order valence-corrected chi connectivity index (χ0v) is 11.3. The molecule has 3 nitrogen and oxygen atoms in total. The first-order valence-corrected chi connectivity index (χ1v) is 6.66. The normalized spacial score (nSPS) is 15.2. The Bertz CT molecular complexity index is 543. The highest BCUT2D eigenvalue weighted by atomic mass is 79.9. The molecule has 2 aromatic rings. The molecular weight excluding hydrogens is 278 g/mol. The van der Waals surface area contributed by atoms with Crippen molar-refractivity contribution in [1.82, 2.24) is 14.8 Å². The lowest BCUT2D eigenvalue weighted by atomic mass is 10.1. The van der Waals surface area contributed by atoms with Gasteiger partial charge >= 0.3 is 0 Å². The molecule has 0 radical (unpaired) electrons. The summed E-state index contributed by atoms with van der Waals surface area (Å²) in [5, 5.41) is 4.49. The standard InChI is InChI=1S/C13H14BrN3/c1-17-13(9-6-7-9)15-12(16-17)8-10-4-2-3-5-11(10)14/h2-5,9H,6-8H2,1H3. The monoisotopic (exact) mass is 291 g/mol. The lowest BCUT2D eigenvalue weighted by Gasteiger charge is -1.99. The summed E-state index contributed by atoms with van der Waals surface area (Å²) in [7, 11) is 1.99. The predicted octanol–water partition coefficient (Wildman–Crippen LogP) is 3.05. The molecule has 17 heavy (non-hydrogen) atoms. The van der Waals surface area contributed by atoms with Gasteiger partial charge in [0.25, 0.3) is 0 Å². The minimum atomic E-state index is 0.653. The summed E-state index contributed by atoms with van der Waals surface area (Å²) in [4.78, 5) is 4.64. The van der Waals surface area contributed by atoms with Crippen LogP contribution in [0.25, 0.3) is 0 Å². The summed E-state index contributed by atoms with van der Waals surface area (Å²) < 4.78 is 3.06. The number of aryl methyl sites for hydroxylation is 1. The summed E-state index contributed by atoms with van der Waals surface area (Å²) in [6.45, 7) is 0. The van der Waals surface area contributed by atoms with E-state index < -0.39 is 0 Å². The molecule has 1 aromatic carbocycles. The van der Waals surface area contributed by atoms with E-state index in [1.165, 1.54) is 18.4 Å². The fourth-order valence-electron chi connectivity index (χ4n) is 2.04. The number of nitrogens with zero attached hydrogens (tertiary/aromatic N) is 3. The first-order chi connectivity index (χ1) is 8.24. The molecule has 0 bridgehead atoms. The summed E-state index contributed by atoms with van der Waals surface area (Å²) in [6, 6.07) is 8.23. The average molecular weight is 292 g/mol. The van der Waals surface area contributed by atoms with Crippen molar-refractivity contribution in [1.29, 1.82) is 0 Å². The van der Waals surface area contributed by atoms with Gasteiger partial charge < -0.3 is 0 Å². The van der Waals surface area contributed by atoms with Crippen molar-refractivity contribution in [2.45, 2.75) is 25.2 Å². The Balaban J connectivity index is 1.85. The van der Waals surface area contributed by atoms with Crippen LogP contribution >= 0.6 is 15.9 Å². The number of benzene rings is 1. The van der Waals surface area contributed by atoms with Crippen molar-refractivity contribution < 1.29 is 0 Å². The third-order valence-corrected chi connectivity index (χ3v) is 3.86. The van der Waals surface area contributed by atoms with Crippen molar-refractivity contribution in [2.24, 2.45) is 7.05 Å². The summed E-state index contributed by atoms with van der Waals surface area (Å²) in [6.07, 6.45) is 3.32. The molecule has 4 heteroatoms. The third kappa shape index (κ3) is 2.27. The van der Waals surface area contributed by atoms with Crippen molar-refractivity contribution in [3.05, 3.63) is 46.0 Å². The van der Waals surface area contributed by atoms with E-state index >= 15 is 0 Å². The first kappa shape index (κ1) is 11.0. The Morgan fingerprint density at radius 2 is 2.12 bits per heavy atom. The quantitative estimate of drug-likeness (QED) is 0.870. The summed E-state index contributed by atoms with van der Waals surface area (Å²) in [5.41, 5.74) is 1.24. The van der Waals surface area contributed by atoms with Crippen LogP contribution in [-0.4, -0.2) is 14.8 Å². The van der Waals surface area contributed by atoms with Crippen molar-refractivity contribution in [3.63, 3.8) is 0 Å². The van der Waals surface area contributed by atoms with Gasteiger partial charge in [0, 0.05) is 23.9 Å². The molecule has 1 aliphatic carbocycles. The molecule has 0 atom stereocenters.